The quantitative estimate of drug-likeness (QED) is 0.619. The smallest absolute Gasteiger partial charge is 0.151 e. The molecule has 0 saturated carbocycles. The maximum atomic E-state index is 12.2. The molecule has 3 nitrogen and oxygen atoms in total. The predicted octanol–water partition coefficient (Wildman–Crippen LogP) is 2.31. The molecular weight excluding hydrogens is 224 g/mol. The molecule has 18 heavy (non-hydrogen) atoms. The third-order valence-corrected chi connectivity index (χ3v) is 4.43. The highest BCUT2D eigenvalue weighted by Gasteiger charge is 2.35. The second kappa shape index (κ2) is 7.25. The molecule has 3 aliphatic heterocycles. The van der Waals surface area contributed by atoms with E-state index in [1.54, 1.807) is 0 Å². The average Bonchev–Trinajstić information content (AvgIpc) is 2.43. The van der Waals surface area contributed by atoms with Gasteiger partial charge in [-0.2, -0.15) is 0 Å². The Morgan fingerprint density at radius 3 is 2.28 bits per heavy atom. The second-order valence-electron chi connectivity index (χ2n) is 5.84. The molecule has 0 N–H and O–H groups in total. The predicted molar refractivity (Wildman–Crippen MR) is 74.8 cm³/mol. The van der Waals surface area contributed by atoms with Crippen molar-refractivity contribution in [3.05, 3.63) is 0 Å². The van der Waals surface area contributed by atoms with Crippen LogP contribution >= 0.6 is 0 Å². The summed E-state index contributed by atoms with van der Waals surface area (Å²) in [6.45, 7) is 7.78. The van der Waals surface area contributed by atoms with E-state index >= 15 is 0 Å². The van der Waals surface area contributed by atoms with Crippen LogP contribution in [0.3, 0.4) is 0 Å². The van der Waals surface area contributed by atoms with Gasteiger partial charge in [-0.3, -0.25) is 14.6 Å². The molecule has 0 spiro atoms. The first-order valence-corrected chi connectivity index (χ1v) is 7.80. The lowest BCUT2D eigenvalue weighted by Gasteiger charge is -2.46. The Morgan fingerprint density at radius 1 is 1.00 bits per heavy atom. The van der Waals surface area contributed by atoms with E-state index < -0.39 is 0 Å². The van der Waals surface area contributed by atoms with Gasteiger partial charge in [-0.1, -0.05) is 39.0 Å². The summed E-state index contributed by atoms with van der Waals surface area (Å²) < 4.78 is 0. The number of hydrogen-bond acceptors (Lipinski definition) is 3. The Kier molecular flexibility index (Phi) is 5.64. The zero-order chi connectivity index (χ0) is 12.8. The molecule has 3 rings (SSSR count). The molecule has 0 amide bonds. The van der Waals surface area contributed by atoms with E-state index in [0.717, 1.165) is 32.5 Å². The van der Waals surface area contributed by atoms with E-state index in [-0.39, 0.29) is 6.04 Å². The van der Waals surface area contributed by atoms with Crippen molar-refractivity contribution < 1.29 is 4.79 Å². The van der Waals surface area contributed by atoms with Gasteiger partial charge in [0.15, 0.2) is 5.78 Å². The molecule has 104 valence electrons. The molecule has 3 heteroatoms. The number of hydrogen-bond donors (Lipinski definition) is 0. The molecule has 3 heterocycles. The van der Waals surface area contributed by atoms with Crippen LogP contribution in [0.1, 0.15) is 51.9 Å². The Bertz CT molecular complexity index is 259. The van der Waals surface area contributed by atoms with Gasteiger partial charge in [0.1, 0.15) is 0 Å². The number of piperazine rings is 3. The van der Waals surface area contributed by atoms with Crippen LogP contribution in [0.5, 0.6) is 0 Å². The molecule has 1 unspecified atom stereocenters. The van der Waals surface area contributed by atoms with Gasteiger partial charge < -0.3 is 0 Å². The minimum absolute atomic E-state index is 0.225. The fraction of sp³-hybridized carbons (Fsp3) is 0.933. The van der Waals surface area contributed by atoms with Crippen LogP contribution in [0.25, 0.3) is 0 Å². The summed E-state index contributed by atoms with van der Waals surface area (Å²) in [5.74, 6) is 0.495. The van der Waals surface area contributed by atoms with Crippen molar-refractivity contribution in [3.63, 3.8) is 0 Å². The van der Waals surface area contributed by atoms with Gasteiger partial charge in [0.05, 0.1) is 6.04 Å². The summed E-state index contributed by atoms with van der Waals surface area (Å²) in [4.78, 5) is 17.1. The van der Waals surface area contributed by atoms with E-state index in [4.69, 9.17) is 0 Å². The zero-order valence-corrected chi connectivity index (χ0v) is 11.9. The van der Waals surface area contributed by atoms with E-state index in [1.807, 2.05) is 0 Å². The molecule has 0 aliphatic carbocycles. The zero-order valence-electron chi connectivity index (χ0n) is 11.9. The number of unbranched alkanes of at least 4 members (excludes halogenated alkanes) is 5. The lowest BCUT2D eigenvalue weighted by Crippen LogP contribution is -2.63. The molecule has 0 aromatic rings. The molecule has 3 fully saturated rings. The van der Waals surface area contributed by atoms with E-state index in [9.17, 15) is 4.79 Å². The average molecular weight is 252 g/mol. The van der Waals surface area contributed by atoms with Crippen LogP contribution in [0.15, 0.2) is 0 Å². The number of nitrogens with zero attached hydrogens (tertiary/aromatic N) is 2. The number of rotatable bonds is 8. The van der Waals surface area contributed by atoms with Crippen LogP contribution in [0.4, 0.5) is 0 Å². The van der Waals surface area contributed by atoms with Gasteiger partial charge in [-0.15, -0.1) is 0 Å². The Balaban J connectivity index is 1.60. The monoisotopic (exact) mass is 252 g/mol. The number of carbonyl (C=O) groups excluding carboxylic acids is 1. The number of fused-ring (bicyclic) bond motifs is 3. The Hall–Kier alpha value is -0.410. The summed E-state index contributed by atoms with van der Waals surface area (Å²) in [5, 5.41) is 0. The van der Waals surface area contributed by atoms with Crippen molar-refractivity contribution in [1.29, 1.82) is 0 Å². The maximum absolute atomic E-state index is 12.2. The van der Waals surface area contributed by atoms with Gasteiger partial charge in [-0.05, 0) is 6.42 Å². The van der Waals surface area contributed by atoms with Crippen molar-refractivity contribution in [2.45, 2.75) is 57.9 Å². The summed E-state index contributed by atoms with van der Waals surface area (Å²) in [5.41, 5.74) is 0. The van der Waals surface area contributed by atoms with Gasteiger partial charge in [0, 0.05) is 39.1 Å². The topological polar surface area (TPSA) is 23.6 Å². The Labute approximate surface area is 112 Å². The minimum Gasteiger partial charge on any atom is -0.299 e. The summed E-state index contributed by atoms with van der Waals surface area (Å²) in [6, 6.07) is 0.225. The number of ketones is 1. The Morgan fingerprint density at radius 2 is 1.67 bits per heavy atom. The highest BCUT2D eigenvalue weighted by atomic mass is 16.1. The SMILES string of the molecule is CCCCCCCCC(=O)C1CN2CCN1CC2. The normalized spacial score (nSPS) is 30.6. The van der Waals surface area contributed by atoms with Crippen LogP contribution in [-0.2, 0) is 4.79 Å². The fourth-order valence-electron chi connectivity index (χ4n) is 3.17. The molecule has 2 bridgehead atoms. The largest absolute Gasteiger partial charge is 0.299 e. The van der Waals surface area contributed by atoms with E-state index in [0.29, 0.717) is 5.78 Å². The van der Waals surface area contributed by atoms with Crippen molar-refractivity contribution in [1.82, 2.24) is 9.80 Å². The first kappa shape index (κ1) is 14.0. The van der Waals surface area contributed by atoms with Gasteiger partial charge >= 0.3 is 0 Å². The highest BCUT2D eigenvalue weighted by Crippen LogP contribution is 2.18. The van der Waals surface area contributed by atoms with Crippen LogP contribution in [0.2, 0.25) is 0 Å². The maximum Gasteiger partial charge on any atom is 0.151 e. The van der Waals surface area contributed by atoms with Gasteiger partial charge in [0.25, 0.3) is 0 Å². The van der Waals surface area contributed by atoms with Crippen molar-refractivity contribution in [2.24, 2.45) is 0 Å². The van der Waals surface area contributed by atoms with Crippen LogP contribution in [0, 0.1) is 0 Å². The third-order valence-electron chi connectivity index (χ3n) is 4.43. The standard InChI is InChI=1S/C15H28N2O/c1-2-3-4-5-6-7-8-15(18)14-13-16-9-11-17(14)12-10-16/h14H,2-13H2,1H3. The van der Waals surface area contributed by atoms with Crippen LogP contribution < -0.4 is 0 Å². The minimum atomic E-state index is 0.225. The lowest BCUT2D eigenvalue weighted by molar-refractivity contribution is -0.129. The first-order chi connectivity index (χ1) is 8.81. The summed E-state index contributed by atoms with van der Waals surface area (Å²) >= 11 is 0. The fourth-order valence-corrected chi connectivity index (χ4v) is 3.17. The number of carbonyl (C=O) groups is 1. The molecule has 0 radical (unpaired) electrons. The molecule has 3 aliphatic rings. The summed E-state index contributed by atoms with van der Waals surface area (Å²) in [6.07, 6.45) is 8.44. The van der Waals surface area contributed by atoms with Gasteiger partial charge in [0.2, 0.25) is 0 Å². The number of Topliss-reactive ketones (excluding diaryl/α,β-unsaturated/α-hetero) is 1. The van der Waals surface area contributed by atoms with Gasteiger partial charge in [-0.25, -0.2) is 0 Å². The second-order valence-corrected chi connectivity index (χ2v) is 5.84. The highest BCUT2D eigenvalue weighted by molar-refractivity contribution is 5.84. The summed E-state index contributed by atoms with van der Waals surface area (Å²) in [7, 11) is 0. The molecule has 0 aromatic carbocycles. The molecular formula is C15H28N2O. The molecule has 1 atom stereocenters. The van der Waals surface area contributed by atoms with Crippen molar-refractivity contribution in [2.75, 3.05) is 32.7 Å². The lowest BCUT2D eigenvalue weighted by atomic mass is 9.99. The third kappa shape index (κ3) is 3.79. The molecule has 3 saturated heterocycles. The molecule has 0 aromatic heterocycles. The van der Waals surface area contributed by atoms with Crippen LogP contribution in [-0.4, -0.2) is 54.3 Å². The van der Waals surface area contributed by atoms with E-state index in [2.05, 4.69) is 16.7 Å². The van der Waals surface area contributed by atoms with Crippen molar-refractivity contribution >= 4 is 5.78 Å². The van der Waals surface area contributed by atoms with E-state index in [1.165, 1.54) is 45.2 Å². The van der Waals surface area contributed by atoms with Crippen molar-refractivity contribution in [3.8, 4) is 0 Å². The first-order valence-electron chi connectivity index (χ1n) is 7.80.